The molecule has 26 heavy (non-hydrogen) atoms. The maximum Gasteiger partial charge on any atom is 0.466 e. The molecule has 1 aromatic heterocycles. The molecule has 1 saturated heterocycles. The minimum atomic E-state index is -4.64. The molecule has 6 N–H and O–H groups in total. The number of hydrogen-bond donors (Lipinski definition) is 6. The molecule has 0 aliphatic carbocycles. The van der Waals surface area contributed by atoms with Gasteiger partial charge in [0, 0.05) is 11.3 Å². The fraction of sp³-hybridized carbons (Fsp3) is 0.444. The Morgan fingerprint density at radius 2 is 1.96 bits per heavy atom. The van der Waals surface area contributed by atoms with E-state index in [-0.39, 0.29) is 16.7 Å². The van der Waals surface area contributed by atoms with Crippen LogP contribution in [0.5, 0.6) is 0 Å². The minimum absolute atomic E-state index is 0.211. The first-order valence-electron chi connectivity index (χ1n) is 6.30. The van der Waals surface area contributed by atoms with Crippen LogP contribution in [0.3, 0.4) is 0 Å². The second-order valence-electron chi connectivity index (χ2n) is 4.62. The number of halogens is 1. The van der Waals surface area contributed by atoms with Gasteiger partial charge >= 0.3 is 19.5 Å². The van der Waals surface area contributed by atoms with Gasteiger partial charge in [-0.2, -0.15) is 0 Å². The number of aromatic nitrogens is 2. The normalized spacial score (nSPS) is 22.1. The van der Waals surface area contributed by atoms with Crippen molar-refractivity contribution >= 4 is 35.5 Å². The highest BCUT2D eigenvalue weighted by Gasteiger charge is 2.41. The number of hydrogen-bond acceptors (Lipinski definition) is 7. The fourth-order valence-electron chi connectivity index (χ4n) is 1.95. The second kappa shape index (κ2) is 8.57. The fourth-order valence-corrected chi connectivity index (χ4v) is 2.32. The van der Waals surface area contributed by atoms with E-state index in [4.69, 9.17) is 34.6 Å². The second-order valence-corrected chi connectivity index (χ2v) is 6.44. The first-order chi connectivity index (χ1) is 11.9. The molecule has 15 nitrogen and oxygen atoms in total. The van der Waals surface area contributed by atoms with E-state index in [0.717, 1.165) is 4.57 Å². The number of carbonyl (C=O) groups is 1. The van der Waals surface area contributed by atoms with Crippen LogP contribution in [0.4, 0.5) is 5.82 Å². The Morgan fingerprint density at radius 3 is 2.38 bits per heavy atom. The van der Waals surface area contributed by atoms with Gasteiger partial charge in [-0.1, -0.05) is 0 Å². The maximum atomic E-state index is 11.9. The third kappa shape index (κ3) is 5.76. The number of H-pyrrole nitrogens is 1. The number of rotatable bonds is 3. The molecule has 0 spiro atoms. The molecule has 1 aliphatic rings. The summed E-state index contributed by atoms with van der Waals surface area (Å²) in [6.07, 6.45) is -4.28. The van der Waals surface area contributed by atoms with E-state index in [9.17, 15) is 19.5 Å². The van der Waals surface area contributed by atoms with Gasteiger partial charge in [-0.25, -0.2) is 14.2 Å². The van der Waals surface area contributed by atoms with Crippen LogP contribution < -0.4 is 11.2 Å². The quantitative estimate of drug-likeness (QED) is 0.140. The van der Waals surface area contributed by atoms with Gasteiger partial charge in [0.25, 0.3) is 5.56 Å². The van der Waals surface area contributed by atoms with E-state index < -0.39 is 43.5 Å². The van der Waals surface area contributed by atoms with Crippen molar-refractivity contribution in [2.75, 3.05) is 0 Å². The van der Waals surface area contributed by atoms with E-state index in [2.05, 4.69) is 26.0 Å². The number of phosphoric acid groups is 1. The standard InChI is InChI=1S/C9H8BrN5O6.H3O4P/c10-4-6(13-14-11)15(9(20)12-7(4)17)3-1-2(16)5(21-3)8(18)19;1-5(2,3)4/h2-3,5,16H,1H2,(H,18,19)(H,12,17,20);(H3,1,2,3,4)/t2-,3+,5-;/m0./s1. The maximum absolute atomic E-state index is 11.9. The number of nitrogens with zero attached hydrogens (tertiary/aromatic N) is 4. The van der Waals surface area contributed by atoms with Gasteiger partial charge in [-0.15, -0.1) is 0 Å². The van der Waals surface area contributed by atoms with E-state index in [1.807, 2.05) is 4.98 Å². The molecular formula is C9H11BrN5O10P. The Labute approximate surface area is 150 Å². The van der Waals surface area contributed by atoms with Crippen molar-refractivity contribution in [3.05, 3.63) is 35.8 Å². The molecule has 3 atom stereocenters. The van der Waals surface area contributed by atoms with Crippen LogP contribution in [0.15, 0.2) is 19.2 Å². The van der Waals surface area contributed by atoms with Crippen molar-refractivity contribution in [2.24, 2.45) is 5.11 Å². The number of ether oxygens (including phenoxy) is 1. The van der Waals surface area contributed by atoms with E-state index in [0.29, 0.717) is 0 Å². The predicted octanol–water partition coefficient (Wildman–Crippen LogP) is -0.955. The number of azide groups is 1. The summed E-state index contributed by atoms with van der Waals surface area (Å²) in [5.41, 5.74) is 6.75. The summed E-state index contributed by atoms with van der Waals surface area (Å²) in [6.45, 7) is 0. The van der Waals surface area contributed by atoms with Gasteiger partial charge < -0.3 is 29.6 Å². The van der Waals surface area contributed by atoms with Gasteiger partial charge in [-0.3, -0.25) is 14.3 Å². The van der Waals surface area contributed by atoms with Crippen molar-refractivity contribution in [3.63, 3.8) is 0 Å². The average molecular weight is 460 g/mol. The molecule has 2 heterocycles. The van der Waals surface area contributed by atoms with Crippen LogP contribution in [-0.2, 0) is 14.1 Å². The summed E-state index contributed by atoms with van der Waals surface area (Å²) >= 11 is 2.87. The molecule has 1 aromatic rings. The molecule has 1 fully saturated rings. The number of aliphatic hydroxyl groups excluding tert-OH is 1. The lowest BCUT2D eigenvalue weighted by atomic mass is 10.2. The number of carboxylic acids is 1. The summed E-state index contributed by atoms with van der Waals surface area (Å²) in [6, 6.07) is 0. The van der Waals surface area contributed by atoms with Crippen molar-refractivity contribution < 1.29 is 39.0 Å². The van der Waals surface area contributed by atoms with Crippen LogP contribution in [0, 0.1) is 0 Å². The van der Waals surface area contributed by atoms with Gasteiger partial charge in [0.05, 0.1) is 6.10 Å². The largest absolute Gasteiger partial charge is 0.479 e. The molecule has 2 rings (SSSR count). The van der Waals surface area contributed by atoms with Crippen LogP contribution >= 0.6 is 23.8 Å². The summed E-state index contributed by atoms with van der Waals surface area (Å²) in [4.78, 5) is 60.2. The summed E-state index contributed by atoms with van der Waals surface area (Å²) in [5.74, 6) is -1.76. The monoisotopic (exact) mass is 459 g/mol. The summed E-state index contributed by atoms with van der Waals surface area (Å²) in [5, 5.41) is 21.7. The third-order valence-corrected chi connectivity index (χ3v) is 3.54. The lowest BCUT2D eigenvalue weighted by Gasteiger charge is -2.16. The van der Waals surface area contributed by atoms with Crippen LogP contribution in [0.25, 0.3) is 10.4 Å². The zero-order valence-electron chi connectivity index (χ0n) is 12.3. The molecule has 0 unspecified atom stereocenters. The number of aliphatic carboxylic acids is 1. The Morgan fingerprint density at radius 1 is 1.42 bits per heavy atom. The highest BCUT2D eigenvalue weighted by atomic mass is 79.9. The molecule has 17 heteroatoms. The Hall–Kier alpha value is -2.03. The summed E-state index contributed by atoms with van der Waals surface area (Å²) in [7, 11) is -4.64. The van der Waals surface area contributed by atoms with Crippen LogP contribution in [0.1, 0.15) is 12.6 Å². The number of aromatic amines is 1. The van der Waals surface area contributed by atoms with Crippen molar-refractivity contribution in [1.29, 1.82) is 0 Å². The van der Waals surface area contributed by atoms with Crippen molar-refractivity contribution in [1.82, 2.24) is 9.55 Å². The molecule has 0 bridgehead atoms. The van der Waals surface area contributed by atoms with Gasteiger partial charge in [-0.05, 0) is 26.6 Å². The van der Waals surface area contributed by atoms with Gasteiger partial charge in [0.1, 0.15) is 16.5 Å². The number of carboxylic acid groups (broad SMARTS) is 1. The molecule has 0 radical (unpaired) electrons. The molecular weight excluding hydrogens is 449 g/mol. The number of nitrogens with one attached hydrogen (secondary N) is 1. The summed E-state index contributed by atoms with van der Waals surface area (Å²) < 4.78 is 14.5. The first kappa shape index (κ1) is 22.0. The van der Waals surface area contributed by atoms with Crippen LogP contribution in [0.2, 0.25) is 0 Å². The molecule has 0 aromatic carbocycles. The van der Waals surface area contributed by atoms with E-state index in [1.54, 1.807) is 0 Å². The Kier molecular flexibility index (Phi) is 7.25. The average Bonchev–Trinajstić information content (AvgIpc) is 2.84. The highest BCUT2D eigenvalue weighted by molar-refractivity contribution is 9.10. The topological polar surface area (TPSA) is 248 Å². The molecule has 144 valence electrons. The lowest BCUT2D eigenvalue weighted by molar-refractivity contribution is -0.155. The SMILES string of the molecule is O=P(O)(O)O.[N-]=[N+]=Nc1c(Br)c(=O)[nH]c(=O)n1[C@H]1C[C@H](O)[C@@H](C(=O)O)O1. The number of aliphatic hydroxyl groups is 1. The van der Waals surface area contributed by atoms with Crippen molar-refractivity contribution in [2.45, 2.75) is 24.9 Å². The molecule has 1 aliphatic heterocycles. The first-order valence-corrected chi connectivity index (χ1v) is 8.66. The Balaban J connectivity index is 0.000000597. The molecule has 0 amide bonds. The molecule has 0 saturated carbocycles. The predicted molar refractivity (Wildman–Crippen MR) is 84.3 cm³/mol. The lowest BCUT2D eigenvalue weighted by Crippen LogP contribution is -2.33. The minimum Gasteiger partial charge on any atom is -0.479 e. The smallest absolute Gasteiger partial charge is 0.466 e. The zero-order valence-corrected chi connectivity index (χ0v) is 14.8. The zero-order chi connectivity index (χ0) is 20.2. The highest BCUT2D eigenvalue weighted by Crippen LogP contribution is 2.32. The van der Waals surface area contributed by atoms with Crippen LogP contribution in [-0.4, -0.2) is 52.6 Å². The van der Waals surface area contributed by atoms with Crippen molar-refractivity contribution in [3.8, 4) is 0 Å². The van der Waals surface area contributed by atoms with E-state index in [1.165, 1.54) is 0 Å². The van der Waals surface area contributed by atoms with Gasteiger partial charge in [0.2, 0.25) is 0 Å². The van der Waals surface area contributed by atoms with Gasteiger partial charge in [0.15, 0.2) is 6.10 Å². The third-order valence-electron chi connectivity index (χ3n) is 2.83. The Bertz CT molecular complexity index is 893. The van der Waals surface area contributed by atoms with E-state index >= 15 is 0 Å².